The molecule has 4 heteroatoms. The smallest absolute Gasteiger partial charge is 0.184 e. The zero-order valence-electron chi connectivity index (χ0n) is 13.0. The average molecular weight is 265 g/mol. The minimum Gasteiger partial charge on any atom is -0.415 e. The molecular weight excluding hydrogens is 232 g/mol. The van der Waals surface area contributed by atoms with E-state index in [1.807, 2.05) is 0 Å². The maximum absolute atomic E-state index is 9.44. The van der Waals surface area contributed by atoms with Crippen molar-refractivity contribution in [1.29, 1.82) is 0 Å². The van der Waals surface area contributed by atoms with Gasteiger partial charge in [0, 0.05) is 14.9 Å². The normalized spacial score (nSPS) is 10.2. The summed E-state index contributed by atoms with van der Waals surface area (Å²) in [5, 5.41) is 0. The average Bonchev–Trinajstić information content (AvgIpc) is 1.74. The molecule has 0 atom stereocenters. The second-order valence-electron chi connectivity index (χ2n) is 5.92. The van der Waals surface area contributed by atoms with E-state index >= 15 is 0 Å². The molecule has 0 saturated carbocycles. The lowest BCUT2D eigenvalue weighted by molar-refractivity contribution is -0.114. The minimum atomic E-state index is -1.22. The summed E-state index contributed by atoms with van der Waals surface area (Å²) in [5.74, 6) is 0.167. The van der Waals surface area contributed by atoms with Crippen molar-refractivity contribution < 1.29 is 9.22 Å². The standard InChI is InChI=1S/C6H16OSi.C3H6O.C3H10Si/c1-6(2)7-8(3,4)5;1-3(2)4;1-4(2)3/h6H,1-5H3;1-2H3;4H,1-3H3. The molecule has 0 aliphatic heterocycles. The van der Waals surface area contributed by atoms with Gasteiger partial charge in [0.2, 0.25) is 0 Å². The van der Waals surface area contributed by atoms with Gasteiger partial charge in [-0.25, -0.2) is 0 Å². The van der Waals surface area contributed by atoms with E-state index in [1.165, 1.54) is 13.8 Å². The van der Waals surface area contributed by atoms with Gasteiger partial charge in [-0.3, -0.25) is 0 Å². The van der Waals surface area contributed by atoms with Crippen LogP contribution in [0.15, 0.2) is 0 Å². The van der Waals surface area contributed by atoms with Crippen LogP contribution in [-0.4, -0.2) is 29.0 Å². The van der Waals surface area contributed by atoms with Crippen molar-refractivity contribution in [1.82, 2.24) is 0 Å². The molecule has 0 aromatic rings. The first-order valence-electron chi connectivity index (χ1n) is 6.03. The SMILES string of the molecule is CC(C)=O.CC(C)O[Si](C)(C)C.C[SiH](C)C. The number of carbonyl (C=O) groups is 1. The third kappa shape index (κ3) is 93.6. The van der Waals surface area contributed by atoms with Crippen LogP contribution in [0, 0.1) is 0 Å². The van der Waals surface area contributed by atoms with Gasteiger partial charge in [0.15, 0.2) is 8.32 Å². The van der Waals surface area contributed by atoms with Gasteiger partial charge in [-0.05, 0) is 47.3 Å². The third-order valence-corrected chi connectivity index (χ3v) is 1.77. The zero-order chi connectivity index (χ0) is 13.9. The van der Waals surface area contributed by atoms with E-state index in [-0.39, 0.29) is 14.6 Å². The van der Waals surface area contributed by atoms with Crippen LogP contribution in [0.2, 0.25) is 39.3 Å². The van der Waals surface area contributed by atoms with E-state index < -0.39 is 8.32 Å². The van der Waals surface area contributed by atoms with E-state index in [0.29, 0.717) is 6.10 Å². The van der Waals surface area contributed by atoms with Crippen molar-refractivity contribution in [2.45, 2.75) is 73.1 Å². The third-order valence-electron chi connectivity index (χ3n) is 0.589. The fraction of sp³-hybridized carbons (Fsp3) is 0.917. The predicted molar refractivity (Wildman–Crippen MR) is 80.7 cm³/mol. The Kier molecular flexibility index (Phi) is 15.4. The largest absolute Gasteiger partial charge is 0.415 e. The summed E-state index contributed by atoms with van der Waals surface area (Å²) in [6.45, 7) is 20.7. The molecule has 0 aliphatic carbocycles. The van der Waals surface area contributed by atoms with Crippen LogP contribution in [-0.2, 0) is 9.22 Å². The van der Waals surface area contributed by atoms with Crippen LogP contribution in [0.1, 0.15) is 27.7 Å². The summed E-state index contributed by atoms with van der Waals surface area (Å²) < 4.78 is 5.58. The van der Waals surface area contributed by atoms with Crippen molar-refractivity contribution in [3.05, 3.63) is 0 Å². The molecule has 0 aliphatic rings. The van der Waals surface area contributed by atoms with Crippen LogP contribution in [0.5, 0.6) is 0 Å². The van der Waals surface area contributed by atoms with Gasteiger partial charge in [0.1, 0.15) is 5.78 Å². The van der Waals surface area contributed by atoms with Crippen molar-refractivity contribution in [2.75, 3.05) is 0 Å². The van der Waals surface area contributed by atoms with Crippen LogP contribution in [0.25, 0.3) is 0 Å². The number of carbonyl (C=O) groups excluding carboxylic acids is 1. The Morgan fingerprint density at radius 1 is 1.06 bits per heavy atom. The highest BCUT2D eigenvalue weighted by atomic mass is 28.4. The van der Waals surface area contributed by atoms with Gasteiger partial charge < -0.3 is 9.22 Å². The fourth-order valence-corrected chi connectivity index (χ4v) is 2.12. The van der Waals surface area contributed by atoms with Crippen molar-refractivity contribution >= 4 is 22.9 Å². The highest BCUT2D eigenvalue weighted by molar-refractivity contribution is 6.69. The molecule has 100 valence electrons. The Bertz CT molecular complexity index is 154. The minimum absolute atomic E-state index is 0.139. The summed E-state index contributed by atoms with van der Waals surface area (Å²) in [6, 6.07) is 0. The summed E-state index contributed by atoms with van der Waals surface area (Å²) in [5.41, 5.74) is 0. The predicted octanol–water partition coefficient (Wildman–Crippen LogP) is 3.94. The van der Waals surface area contributed by atoms with E-state index in [2.05, 4.69) is 53.1 Å². The van der Waals surface area contributed by atoms with Crippen molar-refractivity contribution in [3.63, 3.8) is 0 Å². The van der Waals surface area contributed by atoms with Gasteiger partial charge in [0.25, 0.3) is 0 Å². The molecule has 0 aromatic carbocycles. The summed E-state index contributed by atoms with van der Waals surface area (Å²) >= 11 is 0. The van der Waals surface area contributed by atoms with E-state index in [0.717, 1.165) is 0 Å². The summed E-state index contributed by atoms with van der Waals surface area (Å²) in [6.07, 6.45) is 0.404. The lowest BCUT2D eigenvalue weighted by Gasteiger charge is -2.19. The molecule has 2 nitrogen and oxygen atoms in total. The topological polar surface area (TPSA) is 26.3 Å². The monoisotopic (exact) mass is 264 g/mol. The molecule has 0 bridgehead atoms. The van der Waals surface area contributed by atoms with E-state index in [4.69, 9.17) is 4.43 Å². The molecule has 0 fully saturated rings. The van der Waals surface area contributed by atoms with Crippen LogP contribution < -0.4 is 0 Å². The van der Waals surface area contributed by atoms with Gasteiger partial charge in [-0.15, -0.1) is 0 Å². The molecule has 0 rings (SSSR count). The molecule has 0 saturated heterocycles. The molecule has 0 heterocycles. The zero-order valence-corrected chi connectivity index (χ0v) is 15.1. The van der Waals surface area contributed by atoms with Gasteiger partial charge in [-0.1, -0.05) is 19.6 Å². The number of rotatable bonds is 2. The first kappa shape index (κ1) is 21.4. The molecule has 0 unspecified atom stereocenters. The Labute approximate surface area is 106 Å². The summed E-state index contributed by atoms with van der Waals surface area (Å²) in [7, 11) is -1.36. The molecule has 0 aromatic heterocycles. The van der Waals surface area contributed by atoms with Crippen LogP contribution >= 0.6 is 0 Å². The lowest BCUT2D eigenvalue weighted by atomic mass is 10.5. The fourth-order valence-electron chi connectivity index (χ4n) is 0.707. The first-order chi connectivity index (χ1) is 6.88. The highest BCUT2D eigenvalue weighted by Crippen LogP contribution is 2.05. The van der Waals surface area contributed by atoms with Crippen molar-refractivity contribution in [2.24, 2.45) is 0 Å². The van der Waals surface area contributed by atoms with Gasteiger partial charge in [-0.2, -0.15) is 0 Å². The van der Waals surface area contributed by atoms with E-state index in [1.54, 1.807) is 0 Å². The van der Waals surface area contributed by atoms with Gasteiger partial charge >= 0.3 is 0 Å². The molecule has 0 amide bonds. The first-order valence-corrected chi connectivity index (χ1v) is 12.9. The number of Topliss-reactive ketones (excluding diaryl/α,β-unsaturated/α-hetero) is 1. The Morgan fingerprint density at radius 2 is 1.25 bits per heavy atom. The molecule has 0 radical (unpaired) electrons. The lowest BCUT2D eigenvalue weighted by Crippen LogP contribution is -2.28. The molecular formula is C12H32O2Si2. The van der Waals surface area contributed by atoms with E-state index in [9.17, 15) is 4.79 Å². The second-order valence-corrected chi connectivity index (χ2v) is 13.8. The number of hydrogen-bond acceptors (Lipinski definition) is 2. The second kappa shape index (κ2) is 11.5. The maximum Gasteiger partial charge on any atom is 0.184 e. The number of hydrogen-bond donors (Lipinski definition) is 0. The van der Waals surface area contributed by atoms with Gasteiger partial charge in [0.05, 0.1) is 0 Å². The quantitative estimate of drug-likeness (QED) is 0.706. The molecule has 0 spiro atoms. The van der Waals surface area contributed by atoms with Crippen LogP contribution in [0.4, 0.5) is 0 Å². The molecule has 0 N–H and O–H groups in total. The Hall–Kier alpha value is 0.0638. The molecule has 16 heavy (non-hydrogen) atoms. The Balaban J connectivity index is -0.000000179. The highest BCUT2D eigenvalue weighted by Gasteiger charge is 2.14. The number of ketones is 1. The maximum atomic E-state index is 9.44. The Morgan fingerprint density at radius 3 is 1.25 bits per heavy atom. The van der Waals surface area contributed by atoms with Crippen LogP contribution in [0.3, 0.4) is 0 Å². The summed E-state index contributed by atoms with van der Waals surface area (Å²) in [4.78, 5) is 9.44. The van der Waals surface area contributed by atoms with Crippen molar-refractivity contribution in [3.8, 4) is 0 Å².